The highest BCUT2D eigenvalue weighted by Gasteiger charge is 2.17. The fourth-order valence-electron chi connectivity index (χ4n) is 2.28. The molecular weight excluding hydrogens is 308 g/mol. The lowest BCUT2D eigenvalue weighted by atomic mass is 10.2. The first-order chi connectivity index (χ1) is 11.5. The fraction of sp³-hybridized carbons (Fsp3) is 0.294. The molecule has 0 atom stereocenters. The van der Waals surface area contributed by atoms with E-state index < -0.39 is 5.97 Å². The Labute approximate surface area is 139 Å². The Morgan fingerprint density at radius 1 is 1.21 bits per heavy atom. The maximum atomic E-state index is 12.1. The van der Waals surface area contributed by atoms with Crippen molar-refractivity contribution in [1.82, 2.24) is 19.6 Å². The van der Waals surface area contributed by atoms with Gasteiger partial charge in [-0.2, -0.15) is 4.98 Å². The van der Waals surface area contributed by atoms with Crippen LogP contribution in [0.5, 0.6) is 5.75 Å². The number of carbonyl (C=O) groups is 1. The highest BCUT2D eigenvalue weighted by molar-refractivity contribution is 5.90. The minimum atomic E-state index is -0.418. The van der Waals surface area contributed by atoms with Crippen LogP contribution in [0, 0.1) is 6.92 Å². The summed E-state index contributed by atoms with van der Waals surface area (Å²) in [5, 5.41) is 4.45. The van der Waals surface area contributed by atoms with Gasteiger partial charge in [-0.15, -0.1) is 5.10 Å². The molecule has 7 nitrogen and oxygen atoms in total. The first-order valence-corrected chi connectivity index (χ1v) is 7.57. The largest absolute Gasteiger partial charge is 0.497 e. The first kappa shape index (κ1) is 15.9. The highest BCUT2D eigenvalue weighted by atomic mass is 16.5. The van der Waals surface area contributed by atoms with E-state index in [-0.39, 0.29) is 6.10 Å². The molecule has 24 heavy (non-hydrogen) atoms. The molecule has 0 saturated carbocycles. The van der Waals surface area contributed by atoms with Crippen molar-refractivity contribution in [3.8, 4) is 17.1 Å². The molecule has 2 heterocycles. The normalized spacial score (nSPS) is 11.0. The van der Waals surface area contributed by atoms with Crippen LogP contribution >= 0.6 is 0 Å². The number of methoxy groups -OCH3 is 1. The van der Waals surface area contributed by atoms with Gasteiger partial charge in [0.05, 0.1) is 24.5 Å². The fourth-order valence-corrected chi connectivity index (χ4v) is 2.28. The smallest absolute Gasteiger partial charge is 0.341 e. The van der Waals surface area contributed by atoms with E-state index in [0.717, 1.165) is 11.3 Å². The van der Waals surface area contributed by atoms with Gasteiger partial charge in [-0.25, -0.2) is 14.3 Å². The van der Waals surface area contributed by atoms with E-state index in [1.54, 1.807) is 32.4 Å². The van der Waals surface area contributed by atoms with Crippen LogP contribution in [-0.4, -0.2) is 38.8 Å². The number of nitrogens with zero attached hydrogens (tertiary/aromatic N) is 4. The van der Waals surface area contributed by atoms with Crippen LogP contribution in [0.3, 0.4) is 0 Å². The maximum Gasteiger partial charge on any atom is 0.341 e. The molecule has 0 fully saturated rings. The molecule has 0 aliphatic carbocycles. The Morgan fingerprint density at radius 3 is 2.54 bits per heavy atom. The van der Waals surface area contributed by atoms with Crippen molar-refractivity contribution < 1.29 is 14.3 Å². The second-order valence-electron chi connectivity index (χ2n) is 5.59. The quantitative estimate of drug-likeness (QED) is 0.686. The van der Waals surface area contributed by atoms with Crippen molar-refractivity contribution in [2.75, 3.05) is 7.11 Å². The molecule has 7 heteroatoms. The van der Waals surface area contributed by atoms with E-state index in [4.69, 9.17) is 9.47 Å². The summed E-state index contributed by atoms with van der Waals surface area (Å²) in [7, 11) is 1.61. The van der Waals surface area contributed by atoms with Crippen molar-refractivity contribution in [3.63, 3.8) is 0 Å². The molecule has 3 rings (SSSR count). The lowest BCUT2D eigenvalue weighted by Gasteiger charge is -2.09. The van der Waals surface area contributed by atoms with Crippen LogP contribution in [0.1, 0.15) is 29.9 Å². The third-order valence-corrected chi connectivity index (χ3v) is 3.52. The zero-order chi connectivity index (χ0) is 17.3. The predicted octanol–water partition coefficient (Wildman–Crippen LogP) is 2.67. The van der Waals surface area contributed by atoms with Crippen LogP contribution in [0.4, 0.5) is 0 Å². The number of ether oxygens (including phenoxy) is 2. The van der Waals surface area contributed by atoms with Gasteiger partial charge in [-0.05, 0) is 45.0 Å². The zero-order valence-electron chi connectivity index (χ0n) is 14.0. The van der Waals surface area contributed by atoms with Crippen molar-refractivity contribution in [3.05, 3.63) is 41.7 Å². The molecule has 0 spiro atoms. The lowest BCUT2D eigenvalue weighted by molar-refractivity contribution is 0.0375. The number of hydrogen-bond acceptors (Lipinski definition) is 6. The van der Waals surface area contributed by atoms with Gasteiger partial charge in [0, 0.05) is 11.8 Å². The maximum absolute atomic E-state index is 12.1. The average molecular weight is 326 g/mol. The molecule has 0 bridgehead atoms. The van der Waals surface area contributed by atoms with Crippen molar-refractivity contribution >= 4 is 11.7 Å². The van der Waals surface area contributed by atoms with Gasteiger partial charge in [-0.3, -0.25) is 0 Å². The SMILES string of the molecule is COc1ccc(-c2nc3ncc(C(=O)OC(C)C)c(C)n3n2)cc1. The number of hydrogen-bond donors (Lipinski definition) is 0. The van der Waals surface area contributed by atoms with Gasteiger partial charge in [0.15, 0.2) is 5.82 Å². The van der Waals surface area contributed by atoms with Gasteiger partial charge < -0.3 is 9.47 Å². The summed E-state index contributed by atoms with van der Waals surface area (Å²) in [6.45, 7) is 5.39. The summed E-state index contributed by atoms with van der Waals surface area (Å²) in [5.41, 5.74) is 1.85. The molecule has 0 N–H and O–H groups in total. The molecule has 1 aromatic carbocycles. The Kier molecular flexibility index (Phi) is 4.16. The standard InChI is InChI=1S/C17H18N4O3/c1-10(2)24-16(22)14-9-18-17-19-15(20-21(17)11(14)3)12-5-7-13(23-4)8-6-12/h5-10H,1-4H3. The predicted molar refractivity (Wildman–Crippen MR) is 88.1 cm³/mol. The van der Waals surface area contributed by atoms with E-state index in [1.807, 2.05) is 24.3 Å². The van der Waals surface area contributed by atoms with Gasteiger partial charge in [0.2, 0.25) is 0 Å². The molecule has 0 saturated heterocycles. The summed E-state index contributed by atoms with van der Waals surface area (Å²) in [5.74, 6) is 1.30. The molecule has 0 amide bonds. The second-order valence-corrected chi connectivity index (χ2v) is 5.59. The van der Waals surface area contributed by atoms with Crippen LogP contribution in [0.25, 0.3) is 17.2 Å². The average Bonchev–Trinajstić information content (AvgIpc) is 2.99. The van der Waals surface area contributed by atoms with E-state index in [1.165, 1.54) is 6.20 Å². The van der Waals surface area contributed by atoms with E-state index >= 15 is 0 Å². The van der Waals surface area contributed by atoms with Gasteiger partial charge >= 0.3 is 5.97 Å². The van der Waals surface area contributed by atoms with Crippen molar-refractivity contribution in [2.24, 2.45) is 0 Å². The highest BCUT2D eigenvalue weighted by Crippen LogP contribution is 2.20. The van der Waals surface area contributed by atoms with E-state index in [0.29, 0.717) is 22.9 Å². The number of carbonyl (C=O) groups excluding carboxylic acids is 1. The number of aromatic nitrogens is 4. The summed E-state index contributed by atoms with van der Waals surface area (Å²) in [6, 6.07) is 7.42. The second kappa shape index (κ2) is 6.27. The van der Waals surface area contributed by atoms with Crippen molar-refractivity contribution in [1.29, 1.82) is 0 Å². The Hall–Kier alpha value is -2.96. The molecule has 124 valence electrons. The van der Waals surface area contributed by atoms with Crippen LogP contribution < -0.4 is 4.74 Å². The number of benzene rings is 1. The Balaban J connectivity index is 2.01. The van der Waals surface area contributed by atoms with Crippen LogP contribution in [0.2, 0.25) is 0 Å². The molecule has 0 aliphatic rings. The monoisotopic (exact) mass is 326 g/mol. The molecule has 0 unspecified atom stereocenters. The number of rotatable bonds is 4. The Morgan fingerprint density at radius 2 is 1.92 bits per heavy atom. The minimum Gasteiger partial charge on any atom is -0.497 e. The third-order valence-electron chi connectivity index (χ3n) is 3.52. The minimum absolute atomic E-state index is 0.196. The van der Waals surface area contributed by atoms with Gasteiger partial charge in [-0.1, -0.05) is 0 Å². The summed E-state index contributed by atoms with van der Waals surface area (Å²) in [4.78, 5) is 20.8. The van der Waals surface area contributed by atoms with Crippen LogP contribution in [0.15, 0.2) is 30.5 Å². The lowest BCUT2D eigenvalue weighted by Crippen LogP contribution is -2.15. The third kappa shape index (κ3) is 2.92. The van der Waals surface area contributed by atoms with Gasteiger partial charge in [0.25, 0.3) is 5.78 Å². The van der Waals surface area contributed by atoms with Gasteiger partial charge in [0.1, 0.15) is 5.75 Å². The first-order valence-electron chi connectivity index (χ1n) is 7.57. The zero-order valence-corrected chi connectivity index (χ0v) is 14.0. The Bertz CT molecular complexity index is 885. The molecular formula is C17H18N4O3. The topological polar surface area (TPSA) is 78.6 Å². The summed E-state index contributed by atoms with van der Waals surface area (Å²) >= 11 is 0. The van der Waals surface area contributed by atoms with E-state index in [2.05, 4.69) is 15.1 Å². The molecule has 3 aromatic rings. The number of aryl methyl sites for hydroxylation is 1. The van der Waals surface area contributed by atoms with Crippen molar-refractivity contribution in [2.45, 2.75) is 26.9 Å². The summed E-state index contributed by atoms with van der Waals surface area (Å²) < 4.78 is 11.9. The molecule has 2 aromatic heterocycles. The van der Waals surface area contributed by atoms with E-state index in [9.17, 15) is 4.79 Å². The molecule has 0 radical (unpaired) electrons. The number of fused-ring (bicyclic) bond motifs is 1. The molecule has 0 aliphatic heterocycles. The number of esters is 1. The summed E-state index contributed by atoms with van der Waals surface area (Å²) in [6.07, 6.45) is 1.28. The van der Waals surface area contributed by atoms with Crippen LogP contribution in [-0.2, 0) is 4.74 Å².